The van der Waals surface area contributed by atoms with Gasteiger partial charge in [0.05, 0.1) is 12.2 Å². The molecule has 1 aromatic rings. The Balaban J connectivity index is 1.46. The Labute approximate surface area is 142 Å². The third-order valence-electron chi connectivity index (χ3n) is 4.84. The molecule has 0 radical (unpaired) electrons. The topological polar surface area (TPSA) is 67.2 Å². The molecule has 6 heteroatoms. The van der Waals surface area contributed by atoms with E-state index in [1.54, 1.807) is 13.1 Å². The molecule has 0 saturated heterocycles. The minimum Gasteiger partial charge on any atom is -0.355 e. The van der Waals surface area contributed by atoms with Crippen LogP contribution in [-0.4, -0.2) is 40.2 Å². The molecule has 0 saturated carbocycles. The van der Waals surface area contributed by atoms with Crippen LogP contribution in [0.4, 0.5) is 0 Å². The third kappa shape index (κ3) is 4.32. The Hall–Kier alpha value is -1.95. The molecular formula is C18H26N4O2. The normalized spacial score (nSPS) is 18.0. The Bertz CT molecular complexity index is 693. The van der Waals surface area contributed by atoms with Crippen molar-refractivity contribution in [2.75, 3.05) is 19.6 Å². The molecule has 24 heavy (non-hydrogen) atoms. The zero-order chi connectivity index (χ0) is 16.9. The number of carbonyl (C=O) groups excluding carboxylic acids is 1. The van der Waals surface area contributed by atoms with Gasteiger partial charge in [-0.2, -0.15) is 5.10 Å². The first-order valence-electron chi connectivity index (χ1n) is 8.85. The lowest BCUT2D eigenvalue weighted by molar-refractivity contribution is -0.122. The van der Waals surface area contributed by atoms with Crippen LogP contribution in [0.25, 0.3) is 0 Å². The first kappa shape index (κ1) is 16.9. The lowest BCUT2D eigenvalue weighted by Crippen LogP contribution is -2.41. The highest BCUT2D eigenvalue weighted by Crippen LogP contribution is 2.19. The zero-order valence-electron chi connectivity index (χ0n) is 14.4. The average molecular weight is 330 g/mol. The fourth-order valence-corrected chi connectivity index (χ4v) is 3.44. The quantitative estimate of drug-likeness (QED) is 0.822. The molecule has 1 aliphatic heterocycles. The predicted octanol–water partition coefficient (Wildman–Crippen LogP) is 1.15. The molecule has 2 aliphatic rings. The van der Waals surface area contributed by atoms with Gasteiger partial charge in [-0.3, -0.25) is 14.5 Å². The van der Waals surface area contributed by atoms with Gasteiger partial charge in [0, 0.05) is 39.2 Å². The standard InChI is InChI=1S/C18H26N4O2/c1-21-18(24)11-15-12-22(10-8-16(15)20-21)13-17(23)19-9-7-14-5-3-2-4-6-14/h5,11H,2-4,6-10,12-13H2,1H3,(H,19,23). The van der Waals surface area contributed by atoms with Crippen molar-refractivity contribution in [2.24, 2.45) is 7.05 Å². The molecule has 0 atom stereocenters. The second-order valence-corrected chi connectivity index (χ2v) is 6.75. The summed E-state index contributed by atoms with van der Waals surface area (Å²) in [5.74, 6) is 0.0617. The Kier molecular flexibility index (Phi) is 5.45. The maximum Gasteiger partial charge on any atom is 0.266 e. The van der Waals surface area contributed by atoms with E-state index < -0.39 is 0 Å². The fraction of sp³-hybridized carbons (Fsp3) is 0.611. The van der Waals surface area contributed by atoms with E-state index in [4.69, 9.17) is 0 Å². The van der Waals surface area contributed by atoms with Crippen molar-refractivity contribution in [3.8, 4) is 0 Å². The minimum atomic E-state index is -0.0965. The number of rotatable bonds is 5. The number of carbonyl (C=O) groups is 1. The highest BCUT2D eigenvalue weighted by molar-refractivity contribution is 5.78. The summed E-state index contributed by atoms with van der Waals surface area (Å²) in [5, 5.41) is 7.32. The summed E-state index contributed by atoms with van der Waals surface area (Å²) < 4.78 is 1.38. The number of amides is 1. The monoisotopic (exact) mass is 330 g/mol. The summed E-state index contributed by atoms with van der Waals surface area (Å²) in [5.41, 5.74) is 3.30. The highest BCUT2D eigenvalue weighted by atomic mass is 16.2. The van der Waals surface area contributed by atoms with E-state index in [-0.39, 0.29) is 11.5 Å². The van der Waals surface area contributed by atoms with Crippen molar-refractivity contribution in [1.82, 2.24) is 20.0 Å². The van der Waals surface area contributed by atoms with E-state index >= 15 is 0 Å². The number of hydrogen-bond acceptors (Lipinski definition) is 4. The van der Waals surface area contributed by atoms with Gasteiger partial charge in [0.15, 0.2) is 0 Å². The van der Waals surface area contributed by atoms with E-state index in [0.717, 1.165) is 37.2 Å². The van der Waals surface area contributed by atoms with Crippen LogP contribution in [0.3, 0.4) is 0 Å². The molecule has 0 aromatic carbocycles. The summed E-state index contributed by atoms with van der Waals surface area (Å²) in [4.78, 5) is 25.9. The van der Waals surface area contributed by atoms with Crippen molar-refractivity contribution >= 4 is 5.91 Å². The minimum absolute atomic E-state index is 0.0617. The SMILES string of the molecule is Cn1nc2c(cc1=O)CN(CC(=O)NCCC1=CCCCC1)CC2. The molecule has 0 unspecified atom stereocenters. The molecule has 0 fully saturated rings. The predicted molar refractivity (Wildman–Crippen MR) is 92.6 cm³/mol. The number of hydrogen-bond donors (Lipinski definition) is 1. The lowest BCUT2D eigenvalue weighted by atomic mass is 9.97. The van der Waals surface area contributed by atoms with Crippen molar-refractivity contribution < 1.29 is 4.79 Å². The first-order chi connectivity index (χ1) is 11.6. The van der Waals surface area contributed by atoms with Gasteiger partial charge in [0.1, 0.15) is 0 Å². The number of aryl methyl sites for hydroxylation is 1. The van der Waals surface area contributed by atoms with E-state index in [0.29, 0.717) is 13.1 Å². The van der Waals surface area contributed by atoms with Crippen molar-refractivity contribution in [2.45, 2.75) is 45.1 Å². The van der Waals surface area contributed by atoms with E-state index in [2.05, 4.69) is 21.4 Å². The van der Waals surface area contributed by atoms with Crippen molar-refractivity contribution in [3.63, 3.8) is 0 Å². The van der Waals surface area contributed by atoms with Crippen LogP contribution in [0.5, 0.6) is 0 Å². The van der Waals surface area contributed by atoms with Crippen LogP contribution in [0.1, 0.15) is 43.4 Å². The van der Waals surface area contributed by atoms with E-state index in [1.807, 2.05) is 0 Å². The molecule has 1 amide bonds. The Morgan fingerprint density at radius 2 is 2.21 bits per heavy atom. The van der Waals surface area contributed by atoms with Gasteiger partial charge in [-0.25, -0.2) is 4.68 Å². The van der Waals surface area contributed by atoms with Gasteiger partial charge < -0.3 is 5.32 Å². The molecule has 130 valence electrons. The van der Waals surface area contributed by atoms with E-state index in [9.17, 15) is 9.59 Å². The van der Waals surface area contributed by atoms with Crippen LogP contribution in [0.15, 0.2) is 22.5 Å². The summed E-state index contributed by atoms with van der Waals surface area (Å²) >= 11 is 0. The highest BCUT2D eigenvalue weighted by Gasteiger charge is 2.20. The zero-order valence-corrected chi connectivity index (χ0v) is 14.4. The van der Waals surface area contributed by atoms with Gasteiger partial charge in [-0.05, 0) is 37.7 Å². The second-order valence-electron chi connectivity index (χ2n) is 6.75. The van der Waals surface area contributed by atoms with Gasteiger partial charge in [0.25, 0.3) is 5.56 Å². The first-order valence-corrected chi connectivity index (χ1v) is 8.85. The molecular weight excluding hydrogens is 304 g/mol. The number of nitrogens with one attached hydrogen (secondary N) is 1. The van der Waals surface area contributed by atoms with E-state index in [1.165, 1.54) is 35.9 Å². The molecule has 2 heterocycles. The van der Waals surface area contributed by atoms with Gasteiger partial charge in [-0.1, -0.05) is 11.6 Å². The molecule has 1 N–H and O–H groups in total. The fourth-order valence-electron chi connectivity index (χ4n) is 3.44. The second kappa shape index (κ2) is 7.75. The van der Waals surface area contributed by atoms with Crippen molar-refractivity contribution in [1.29, 1.82) is 0 Å². The van der Waals surface area contributed by atoms with Gasteiger partial charge in [-0.15, -0.1) is 0 Å². The molecule has 0 spiro atoms. The van der Waals surface area contributed by atoms with Crippen LogP contribution < -0.4 is 10.9 Å². The van der Waals surface area contributed by atoms with Gasteiger partial charge >= 0.3 is 0 Å². The molecule has 3 rings (SSSR count). The van der Waals surface area contributed by atoms with Crippen molar-refractivity contribution in [3.05, 3.63) is 39.3 Å². The lowest BCUT2D eigenvalue weighted by Gasteiger charge is -2.27. The number of allylic oxidation sites excluding steroid dienone is 1. The maximum absolute atomic E-state index is 12.1. The third-order valence-corrected chi connectivity index (χ3v) is 4.84. The largest absolute Gasteiger partial charge is 0.355 e. The molecule has 0 bridgehead atoms. The number of fused-ring (bicyclic) bond motifs is 1. The Morgan fingerprint density at radius 1 is 1.33 bits per heavy atom. The maximum atomic E-state index is 12.1. The summed E-state index contributed by atoms with van der Waals surface area (Å²) in [7, 11) is 1.67. The Morgan fingerprint density at radius 3 is 3.00 bits per heavy atom. The average Bonchev–Trinajstić information content (AvgIpc) is 2.57. The summed E-state index contributed by atoms with van der Waals surface area (Å²) in [6, 6.07) is 1.64. The van der Waals surface area contributed by atoms with Crippen LogP contribution >= 0.6 is 0 Å². The summed E-state index contributed by atoms with van der Waals surface area (Å²) in [6.45, 7) is 2.53. The van der Waals surface area contributed by atoms with Crippen LogP contribution in [0.2, 0.25) is 0 Å². The molecule has 6 nitrogen and oxygen atoms in total. The summed E-state index contributed by atoms with van der Waals surface area (Å²) in [6.07, 6.45) is 9.01. The van der Waals surface area contributed by atoms with Gasteiger partial charge in [0.2, 0.25) is 5.91 Å². The number of aromatic nitrogens is 2. The molecule has 1 aliphatic carbocycles. The van der Waals surface area contributed by atoms with Crippen LogP contribution in [-0.2, 0) is 24.8 Å². The molecule has 1 aromatic heterocycles. The van der Waals surface area contributed by atoms with Crippen LogP contribution in [0, 0.1) is 0 Å². The smallest absolute Gasteiger partial charge is 0.266 e. The number of nitrogens with zero attached hydrogens (tertiary/aromatic N) is 3.